The van der Waals surface area contributed by atoms with E-state index in [0.29, 0.717) is 0 Å². The second-order valence-corrected chi connectivity index (χ2v) is 14.9. The Morgan fingerprint density at radius 3 is 1.07 bits per heavy atom. The maximum absolute atomic E-state index is 2.40. The molecule has 0 saturated carbocycles. The predicted octanol–water partition coefficient (Wildman–Crippen LogP) is 15.4. The minimum Gasteiger partial charge on any atom is -0.309 e. The van der Waals surface area contributed by atoms with Gasteiger partial charge in [-0.25, -0.2) is 0 Å². The van der Waals surface area contributed by atoms with Gasteiger partial charge < -0.3 is 4.57 Å². The Morgan fingerprint density at radius 1 is 0.211 bits per heavy atom. The zero-order valence-corrected chi connectivity index (χ0v) is 31.3. The third-order valence-corrected chi connectivity index (χ3v) is 11.6. The highest BCUT2D eigenvalue weighted by molar-refractivity contribution is 6.21. The number of para-hydroxylation sites is 1. The summed E-state index contributed by atoms with van der Waals surface area (Å²) >= 11 is 0. The van der Waals surface area contributed by atoms with Crippen LogP contribution in [0, 0.1) is 0 Å². The highest BCUT2D eigenvalue weighted by Gasteiger charge is 2.17. The molecule has 0 aliphatic heterocycles. The van der Waals surface area contributed by atoms with Gasteiger partial charge in [-0.1, -0.05) is 194 Å². The van der Waals surface area contributed by atoms with Crippen LogP contribution in [0.3, 0.4) is 0 Å². The molecule has 0 amide bonds. The van der Waals surface area contributed by atoms with Crippen molar-refractivity contribution in [3.8, 4) is 61.3 Å². The van der Waals surface area contributed by atoms with Gasteiger partial charge in [0.15, 0.2) is 0 Å². The van der Waals surface area contributed by atoms with Crippen LogP contribution in [0.5, 0.6) is 0 Å². The standard InChI is InChI=1S/C56H37N/c1-3-13-38(14-4-1)39-23-25-42(26-24-39)45-33-36-54-52(37-45)47-17-11-12-22-53(47)57(54)46-34-31-41(32-35-46)40-27-29-44(30-28-40)56-50-20-9-7-18-48(50)55(43-15-5-2-6-16-43)49-19-8-10-21-51(49)56/h1-37H. The number of rotatable bonds is 6. The number of hydrogen-bond donors (Lipinski definition) is 0. The molecule has 0 radical (unpaired) electrons. The summed E-state index contributed by atoms with van der Waals surface area (Å²) in [7, 11) is 0. The molecule has 1 aromatic heterocycles. The number of fused-ring (bicyclic) bond motifs is 5. The molecule has 0 bridgehead atoms. The van der Waals surface area contributed by atoms with Crippen LogP contribution in [0.1, 0.15) is 0 Å². The lowest BCUT2D eigenvalue weighted by molar-refractivity contribution is 1.18. The lowest BCUT2D eigenvalue weighted by atomic mass is 9.86. The minimum atomic E-state index is 1.15. The van der Waals surface area contributed by atoms with Crippen LogP contribution in [0.15, 0.2) is 224 Å². The van der Waals surface area contributed by atoms with Crippen LogP contribution in [0.25, 0.3) is 105 Å². The van der Waals surface area contributed by atoms with Crippen molar-refractivity contribution in [1.82, 2.24) is 4.57 Å². The van der Waals surface area contributed by atoms with Crippen LogP contribution >= 0.6 is 0 Å². The van der Waals surface area contributed by atoms with Crippen LogP contribution < -0.4 is 0 Å². The molecule has 1 heteroatoms. The highest BCUT2D eigenvalue weighted by atomic mass is 15.0. The van der Waals surface area contributed by atoms with Crippen LogP contribution in [-0.2, 0) is 0 Å². The summed E-state index contributed by atoms with van der Waals surface area (Å²) in [5.41, 5.74) is 15.9. The van der Waals surface area contributed by atoms with Crippen LogP contribution in [-0.4, -0.2) is 4.57 Å². The van der Waals surface area contributed by atoms with Crippen LogP contribution in [0.2, 0.25) is 0 Å². The summed E-state index contributed by atoms with van der Waals surface area (Å²) < 4.78 is 2.40. The van der Waals surface area contributed by atoms with Gasteiger partial charge in [0.25, 0.3) is 0 Å². The first-order valence-electron chi connectivity index (χ1n) is 19.7. The lowest BCUT2D eigenvalue weighted by Crippen LogP contribution is -1.94. The van der Waals surface area contributed by atoms with Gasteiger partial charge in [-0.3, -0.25) is 0 Å². The first kappa shape index (κ1) is 32.9. The topological polar surface area (TPSA) is 4.93 Å². The van der Waals surface area contributed by atoms with Crippen molar-refractivity contribution in [2.75, 3.05) is 0 Å². The van der Waals surface area contributed by atoms with Gasteiger partial charge in [-0.2, -0.15) is 0 Å². The Hall–Kier alpha value is -7.48. The molecule has 11 rings (SSSR count). The number of aromatic nitrogens is 1. The molecule has 266 valence electrons. The quantitative estimate of drug-likeness (QED) is 0.151. The zero-order valence-electron chi connectivity index (χ0n) is 31.3. The fourth-order valence-corrected chi connectivity index (χ4v) is 8.90. The maximum Gasteiger partial charge on any atom is 0.0541 e. The molecule has 0 aliphatic carbocycles. The Morgan fingerprint density at radius 2 is 0.544 bits per heavy atom. The third kappa shape index (κ3) is 5.63. The molecule has 1 heterocycles. The molecule has 0 N–H and O–H groups in total. The Balaban J connectivity index is 0.942. The SMILES string of the molecule is c1ccc(-c2ccc(-c3ccc4c(c3)c3ccccc3n4-c3ccc(-c4ccc(-c5c6ccccc6c(-c6ccccc6)c6ccccc56)cc4)cc3)cc2)cc1. The van der Waals surface area contributed by atoms with Crippen molar-refractivity contribution in [3.05, 3.63) is 224 Å². The largest absolute Gasteiger partial charge is 0.309 e. The maximum atomic E-state index is 2.40. The van der Waals surface area contributed by atoms with Gasteiger partial charge in [0.1, 0.15) is 0 Å². The Bertz CT molecular complexity index is 3170. The zero-order chi connectivity index (χ0) is 37.7. The Labute approximate surface area is 332 Å². The number of hydrogen-bond acceptors (Lipinski definition) is 0. The Kier molecular flexibility index (Phi) is 7.89. The first-order chi connectivity index (χ1) is 28.3. The molecule has 0 spiro atoms. The van der Waals surface area contributed by atoms with E-state index in [1.54, 1.807) is 0 Å². The molecule has 11 aromatic rings. The minimum absolute atomic E-state index is 1.15. The van der Waals surface area contributed by atoms with E-state index in [0.717, 1.165) is 5.69 Å². The van der Waals surface area contributed by atoms with E-state index in [1.165, 1.54) is 99.0 Å². The lowest BCUT2D eigenvalue weighted by Gasteiger charge is -2.18. The van der Waals surface area contributed by atoms with E-state index < -0.39 is 0 Å². The first-order valence-corrected chi connectivity index (χ1v) is 19.7. The van der Waals surface area contributed by atoms with Crippen molar-refractivity contribution in [2.45, 2.75) is 0 Å². The van der Waals surface area contributed by atoms with Crippen LogP contribution in [0.4, 0.5) is 0 Å². The molecule has 0 atom stereocenters. The highest BCUT2D eigenvalue weighted by Crippen LogP contribution is 2.44. The predicted molar refractivity (Wildman–Crippen MR) is 243 cm³/mol. The molecule has 0 saturated heterocycles. The third-order valence-electron chi connectivity index (χ3n) is 11.6. The summed E-state index contributed by atoms with van der Waals surface area (Å²) in [6, 6.07) is 81.8. The summed E-state index contributed by atoms with van der Waals surface area (Å²) in [5, 5.41) is 7.60. The number of benzene rings is 10. The van der Waals surface area contributed by atoms with Gasteiger partial charge >= 0.3 is 0 Å². The van der Waals surface area contributed by atoms with Gasteiger partial charge in [0, 0.05) is 16.5 Å². The summed E-state index contributed by atoms with van der Waals surface area (Å²) in [6.07, 6.45) is 0. The van der Waals surface area contributed by atoms with Gasteiger partial charge in [0.05, 0.1) is 11.0 Å². The van der Waals surface area contributed by atoms with E-state index in [2.05, 4.69) is 229 Å². The fourth-order valence-electron chi connectivity index (χ4n) is 8.90. The fraction of sp³-hybridized carbons (Fsp3) is 0. The van der Waals surface area contributed by atoms with E-state index >= 15 is 0 Å². The van der Waals surface area contributed by atoms with E-state index in [1.807, 2.05) is 0 Å². The average Bonchev–Trinajstić information content (AvgIpc) is 3.62. The summed E-state index contributed by atoms with van der Waals surface area (Å²) in [6.45, 7) is 0. The van der Waals surface area contributed by atoms with E-state index in [9.17, 15) is 0 Å². The van der Waals surface area contributed by atoms with E-state index in [-0.39, 0.29) is 0 Å². The monoisotopic (exact) mass is 723 g/mol. The summed E-state index contributed by atoms with van der Waals surface area (Å²) in [4.78, 5) is 0. The summed E-state index contributed by atoms with van der Waals surface area (Å²) in [5.74, 6) is 0. The van der Waals surface area contributed by atoms with Crippen molar-refractivity contribution in [1.29, 1.82) is 0 Å². The number of nitrogens with zero attached hydrogens (tertiary/aromatic N) is 1. The van der Waals surface area contributed by atoms with Crippen molar-refractivity contribution < 1.29 is 0 Å². The van der Waals surface area contributed by atoms with Gasteiger partial charge in [0.2, 0.25) is 0 Å². The van der Waals surface area contributed by atoms with Crippen molar-refractivity contribution in [3.63, 3.8) is 0 Å². The van der Waals surface area contributed by atoms with Gasteiger partial charge in [-0.15, -0.1) is 0 Å². The smallest absolute Gasteiger partial charge is 0.0541 e. The molecule has 10 aromatic carbocycles. The average molecular weight is 724 g/mol. The molecule has 1 nitrogen and oxygen atoms in total. The van der Waals surface area contributed by atoms with Crippen molar-refractivity contribution in [2.24, 2.45) is 0 Å². The molecule has 57 heavy (non-hydrogen) atoms. The molecule has 0 fully saturated rings. The van der Waals surface area contributed by atoms with Gasteiger partial charge in [-0.05, 0) is 108 Å². The second kappa shape index (κ2) is 13.7. The molecule has 0 unspecified atom stereocenters. The molecular weight excluding hydrogens is 687 g/mol. The second-order valence-electron chi connectivity index (χ2n) is 14.9. The normalized spacial score (nSPS) is 11.5. The molecule has 0 aliphatic rings. The van der Waals surface area contributed by atoms with E-state index in [4.69, 9.17) is 0 Å². The van der Waals surface area contributed by atoms with Crippen molar-refractivity contribution >= 4 is 43.4 Å². The molecular formula is C56H37N.